The molecule has 0 aliphatic carbocycles. The maximum Gasteiger partial charge on any atom is 0.238 e. The number of benzene rings is 3. The largest absolute Gasteiger partial charge is 0.490 e. The number of anilines is 1. The maximum absolute atomic E-state index is 12.7. The van der Waals surface area contributed by atoms with Crippen molar-refractivity contribution in [1.29, 1.82) is 0 Å². The lowest BCUT2D eigenvalue weighted by Gasteiger charge is -2.25. The van der Waals surface area contributed by atoms with E-state index in [4.69, 9.17) is 21.1 Å². The molecular formula is C25H23BrClNO3S. The van der Waals surface area contributed by atoms with Crippen LogP contribution in [-0.2, 0) is 11.4 Å². The van der Waals surface area contributed by atoms with E-state index < -0.39 is 0 Å². The summed E-state index contributed by atoms with van der Waals surface area (Å²) in [4.78, 5) is 14.5. The van der Waals surface area contributed by atoms with E-state index in [9.17, 15) is 4.79 Å². The lowest BCUT2D eigenvalue weighted by Crippen LogP contribution is -2.27. The van der Waals surface area contributed by atoms with Crippen molar-refractivity contribution >= 4 is 50.9 Å². The third kappa shape index (κ3) is 5.08. The molecule has 4 nitrogen and oxygen atoms in total. The highest BCUT2D eigenvalue weighted by Gasteiger charge is 2.35. The summed E-state index contributed by atoms with van der Waals surface area (Å²) in [6.07, 6.45) is 0. The van der Waals surface area contributed by atoms with Crippen molar-refractivity contribution in [1.82, 2.24) is 0 Å². The maximum atomic E-state index is 12.7. The summed E-state index contributed by atoms with van der Waals surface area (Å²) in [7, 11) is 0. The molecule has 0 spiro atoms. The van der Waals surface area contributed by atoms with Gasteiger partial charge in [-0.2, -0.15) is 0 Å². The minimum Gasteiger partial charge on any atom is -0.490 e. The third-order valence-electron chi connectivity index (χ3n) is 5.09. The highest BCUT2D eigenvalue weighted by molar-refractivity contribution is 9.10. The number of halogens is 2. The van der Waals surface area contributed by atoms with E-state index >= 15 is 0 Å². The highest BCUT2D eigenvalue weighted by Crippen LogP contribution is 2.46. The van der Waals surface area contributed by atoms with Crippen molar-refractivity contribution in [3.63, 3.8) is 0 Å². The van der Waals surface area contributed by atoms with Gasteiger partial charge in [0.2, 0.25) is 5.91 Å². The van der Waals surface area contributed by atoms with Crippen LogP contribution in [-0.4, -0.2) is 18.3 Å². The van der Waals surface area contributed by atoms with Crippen molar-refractivity contribution in [2.24, 2.45) is 0 Å². The summed E-state index contributed by atoms with van der Waals surface area (Å²) in [6, 6.07) is 19.6. The first kappa shape index (κ1) is 23.0. The predicted molar refractivity (Wildman–Crippen MR) is 135 cm³/mol. The molecule has 0 saturated carbocycles. The molecule has 0 aromatic heterocycles. The molecule has 166 valence electrons. The van der Waals surface area contributed by atoms with E-state index in [1.807, 2.05) is 36.1 Å². The molecule has 7 heteroatoms. The molecule has 1 aliphatic heterocycles. The summed E-state index contributed by atoms with van der Waals surface area (Å²) in [5.41, 5.74) is 4.08. The Kier molecular flexibility index (Phi) is 7.33. The van der Waals surface area contributed by atoms with E-state index in [1.54, 1.807) is 23.9 Å². The van der Waals surface area contributed by atoms with Gasteiger partial charge in [0, 0.05) is 10.7 Å². The lowest BCUT2D eigenvalue weighted by atomic mass is 10.1. The number of nitrogens with zero attached hydrogens (tertiary/aromatic N) is 1. The standard InChI is InChI=1S/C25H23BrClNO3S/c1-3-30-22-13-18(12-21(26)24(22)31-14-17-6-4-16(2)5-7-17)25-28(23(29)15-32-25)20-10-8-19(27)9-11-20/h4-13,25H,3,14-15H2,1-2H3/t25-/m0/s1. The monoisotopic (exact) mass is 531 g/mol. The average Bonchev–Trinajstić information content (AvgIpc) is 3.16. The van der Waals surface area contributed by atoms with Gasteiger partial charge < -0.3 is 9.47 Å². The Labute approximate surface area is 206 Å². The summed E-state index contributed by atoms with van der Waals surface area (Å²) in [5.74, 6) is 1.79. The van der Waals surface area contributed by atoms with Crippen LogP contribution in [0.2, 0.25) is 5.02 Å². The van der Waals surface area contributed by atoms with Gasteiger partial charge in [0.15, 0.2) is 11.5 Å². The molecule has 1 aliphatic rings. The molecule has 1 atom stereocenters. The van der Waals surface area contributed by atoms with Crippen LogP contribution < -0.4 is 14.4 Å². The fourth-order valence-corrected chi connectivity index (χ4v) is 5.38. The first-order chi connectivity index (χ1) is 15.5. The minimum absolute atomic E-state index is 0.0658. The molecule has 3 aromatic rings. The van der Waals surface area contributed by atoms with Gasteiger partial charge in [-0.05, 0) is 77.3 Å². The number of hydrogen-bond acceptors (Lipinski definition) is 4. The van der Waals surface area contributed by atoms with Crippen molar-refractivity contribution in [3.8, 4) is 11.5 Å². The number of thioether (sulfide) groups is 1. The Bertz CT molecular complexity index is 1110. The number of carbonyl (C=O) groups is 1. The Morgan fingerprint density at radius 3 is 2.50 bits per heavy atom. The zero-order chi connectivity index (χ0) is 22.7. The lowest BCUT2D eigenvalue weighted by molar-refractivity contribution is -0.115. The second-order valence-electron chi connectivity index (χ2n) is 7.44. The van der Waals surface area contributed by atoms with E-state index in [0.29, 0.717) is 35.5 Å². The minimum atomic E-state index is -0.162. The van der Waals surface area contributed by atoms with Gasteiger partial charge in [-0.25, -0.2) is 0 Å². The fourth-order valence-electron chi connectivity index (χ4n) is 3.52. The van der Waals surface area contributed by atoms with Gasteiger partial charge in [-0.1, -0.05) is 41.4 Å². The highest BCUT2D eigenvalue weighted by atomic mass is 79.9. The molecule has 4 rings (SSSR count). The van der Waals surface area contributed by atoms with Gasteiger partial charge in [0.1, 0.15) is 12.0 Å². The summed E-state index contributed by atoms with van der Waals surface area (Å²) in [6.45, 7) is 4.95. The van der Waals surface area contributed by atoms with Gasteiger partial charge in [-0.3, -0.25) is 9.69 Å². The van der Waals surface area contributed by atoms with E-state index in [-0.39, 0.29) is 11.3 Å². The number of amides is 1. The molecule has 3 aromatic carbocycles. The van der Waals surface area contributed by atoms with Crippen molar-refractivity contribution in [3.05, 3.63) is 86.8 Å². The first-order valence-electron chi connectivity index (χ1n) is 10.3. The SMILES string of the molecule is CCOc1cc([C@@H]2SCC(=O)N2c2ccc(Cl)cc2)cc(Br)c1OCc1ccc(C)cc1. The van der Waals surface area contributed by atoms with Crippen molar-refractivity contribution in [2.45, 2.75) is 25.8 Å². The Balaban J connectivity index is 1.63. The van der Waals surface area contributed by atoms with E-state index in [0.717, 1.165) is 21.3 Å². The Morgan fingerprint density at radius 2 is 1.81 bits per heavy atom. The molecule has 0 unspecified atom stereocenters. The average molecular weight is 533 g/mol. The molecular weight excluding hydrogens is 510 g/mol. The molecule has 32 heavy (non-hydrogen) atoms. The molecule has 0 radical (unpaired) electrons. The van der Waals surface area contributed by atoms with Crippen LogP contribution >= 0.6 is 39.3 Å². The van der Waals surface area contributed by atoms with Gasteiger partial charge in [0.25, 0.3) is 0 Å². The summed E-state index contributed by atoms with van der Waals surface area (Å²) < 4.78 is 12.9. The second kappa shape index (κ2) is 10.2. The smallest absolute Gasteiger partial charge is 0.238 e. The van der Waals surface area contributed by atoms with Gasteiger partial charge >= 0.3 is 0 Å². The Morgan fingerprint density at radius 1 is 1.09 bits per heavy atom. The number of ether oxygens (including phenoxy) is 2. The zero-order valence-electron chi connectivity index (χ0n) is 17.8. The van der Waals surface area contributed by atoms with Crippen LogP contribution in [0.4, 0.5) is 5.69 Å². The van der Waals surface area contributed by atoms with Gasteiger partial charge in [0.05, 0.1) is 16.8 Å². The molecule has 0 bridgehead atoms. The number of rotatable bonds is 7. The third-order valence-corrected chi connectivity index (χ3v) is 7.15. The Hall–Kier alpha value is -2.15. The van der Waals surface area contributed by atoms with Crippen LogP contribution in [0.1, 0.15) is 29.0 Å². The molecule has 1 saturated heterocycles. The number of aryl methyl sites for hydroxylation is 1. The van der Waals surface area contributed by atoms with Crippen LogP contribution in [0.5, 0.6) is 11.5 Å². The molecule has 1 amide bonds. The van der Waals surface area contributed by atoms with Crippen LogP contribution in [0, 0.1) is 6.92 Å². The fraction of sp³-hybridized carbons (Fsp3) is 0.240. The topological polar surface area (TPSA) is 38.8 Å². The second-order valence-corrected chi connectivity index (χ2v) is 9.80. The first-order valence-corrected chi connectivity index (χ1v) is 12.5. The van der Waals surface area contributed by atoms with Crippen LogP contribution in [0.3, 0.4) is 0 Å². The predicted octanol–water partition coefficient (Wildman–Crippen LogP) is 7.17. The van der Waals surface area contributed by atoms with Crippen LogP contribution in [0.15, 0.2) is 65.1 Å². The molecule has 0 N–H and O–H groups in total. The molecule has 1 fully saturated rings. The summed E-state index contributed by atoms with van der Waals surface area (Å²) >= 11 is 11.3. The summed E-state index contributed by atoms with van der Waals surface area (Å²) in [5, 5.41) is 0.478. The van der Waals surface area contributed by atoms with Crippen molar-refractivity contribution < 1.29 is 14.3 Å². The molecule has 1 heterocycles. The quantitative estimate of drug-likeness (QED) is 0.323. The van der Waals surface area contributed by atoms with E-state index in [2.05, 4.69) is 47.1 Å². The van der Waals surface area contributed by atoms with Crippen molar-refractivity contribution in [2.75, 3.05) is 17.3 Å². The van der Waals surface area contributed by atoms with Gasteiger partial charge in [-0.15, -0.1) is 11.8 Å². The van der Waals surface area contributed by atoms with E-state index in [1.165, 1.54) is 5.56 Å². The number of hydrogen-bond donors (Lipinski definition) is 0. The zero-order valence-corrected chi connectivity index (χ0v) is 21.0. The number of carbonyl (C=O) groups excluding carboxylic acids is 1. The van der Waals surface area contributed by atoms with Crippen LogP contribution in [0.25, 0.3) is 0 Å². The normalized spacial score (nSPS) is 15.8.